The van der Waals surface area contributed by atoms with Crippen LogP contribution in [0.5, 0.6) is 0 Å². The second kappa shape index (κ2) is 1.91. The molecule has 2 rings (SSSR count). The van der Waals surface area contributed by atoms with E-state index in [4.69, 9.17) is 0 Å². The highest BCUT2D eigenvalue weighted by molar-refractivity contribution is 7.99. The maximum absolute atomic E-state index is 10.9. The molecule has 0 atom stereocenters. The van der Waals surface area contributed by atoms with Gasteiger partial charge in [-0.1, -0.05) is 0 Å². The van der Waals surface area contributed by atoms with Crippen LogP contribution in [0, 0.1) is 0 Å². The van der Waals surface area contributed by atoms with E-state index in [2.05, 4.69) is 19.4 Å². The predicted octanol–water partition coefficient (Wildman–Crippen LogP) is 0.128. The Kier molecular flexibility index (Phi) is 1.07. The monoisotopic (exact) mass is 156 g/mol. The van der Waals surface area contributed by atoms with E-state index in [0.29, 0.717) is 11.5 Å². The van der Waals surface area contributed by atoms with E-state index in [0.717, 1.165) is 12.1 Å². The summed E-state index contributed by atoms with van der Waals surface area (Å²) in [6.45, 7) is 0. The number of hydrogen-bond donors (Lipinski definition) is 3. The summed E-state index contributed by atoms with van der Waals surface area (Å²) >= 11 is 1.12. The molecule has 0 fully saturated rings. The van der Waals surface area contributed by atoms with Gasteiger partial charge in [-0.2, -0.15) is 0 Å². The molecule has 0 aliphatic carbocycles. The summed E-state index contributed by atoms with van der Waals surface area (Å²) in [6.07, 6.45) is 1.48. The van der Waals surface area contributed by atoms with E-state index in [1.54, 1.807) is 0 Å². The van der Waals surface area contributed by atoms with Crippen molar-refractivity contribution in [2.24, 2.45) is 0 Å². The lowest BCUT2D eigenvalue weighted by Gasteiger charge is -2.10. The van der Waals surface area contributed by atoms with E-state index in [-0.39, 0.29) is 5.91 Å². The van der Waals surface area contributed by atoms with Gasteiger partial charge < -0.3 is 4.98 Å². The zero-order valence-electron chi connectivity index (χ0n) is 4.84. The fraction of sp³-hybridized carbons (Fsp3) is 0. The van der Waals surface area contributed by atoms with Gasteiger partial charge in [0.05, 0.1) is 18.5 Å². The van der Waals surface area contributed by atoms with Crippen molar-refractivity contribution in [3.05, 3.63) is 12.0 Å². The minimum atomic E-state index is -0.142. The van der Waals surface area contributed by atoms with E-state index >= 15 is 0 Å². The van der Waals surface area contributed by atoms with Crippen molar-refractivity contribution < 1.29 is 4.79 Å². The zero-order chi connectivity index (χ0) is 6.97. The van der Waals surface area contributed by atoms with Gasteiger partial charge in [-0.3, -0.25) is 14.2 Å². The van der Waals surface area contributed by atoms with Gasteiger partial charge in [0.25, 0.3) is 5.91 Å². The predicted molar refractivity (Wildman–Crippen MR) is 37.3 cm³/mol. The van der Waals surface area contributed by atoms with Crippen LogP contribution in [-0.2, 0) is 0 Å². The molecule has 1 aromatic heterocycles. The number of aromatic nitrogens is 2. The van der Waals surface area contributed by atoms with Gasteiger partial charge in [0, 0.05) is 0 Å². The Labute approximate surface area is 60.9 Å². The lowest BCUT2D eigenvalue weighted by atomic mass is 10.4. The van der Waals surface area contributed by atoms with Crippen molar-refractivity contribution in [2.75, 3.05) is 4.72 Å². The first-order valence-electron chi connectivity index (χ1n) is 2.63. The van der Waals surface area contributed by atoms with Crippen LogP contribution in [0.15, 0.2) is 6.33 Å². The van der Waals surface area contributed by atoms with Gasteiger partial charge in [-0.05, 0) is 0 Å². The lowest BCUT2D eigenvalue weighted by Crippen LogP contribution is -2.23. The van der Waals surface area contributed by atoms with Crippen molar-refractivity contribution in [1.82, 2.24) is 14.7 Å². The smallest absolute Gasteiger partial charge is 0.282 e. The van der Waals surface area contributed by atoms with Crippen LogP contribution in [0.25, 0.3) is 0 Å². The summed E-state index contributed by atoms with van der Waals surface area (Å²) in [6, 6.07) is 0. The van der Waals surface area contributed by atoms with Gasteiger partial charge in [0.15, 0.2) is 5.82 Å². The van der Waals surface area contributed by atoms with Gasteiger partial charge in [0.2, 0.25) is 0 Å². The molecule has 1 aliphatic heterocycles. The Bertz CT molecular complexity index is 270. The fourth-order valence-electron chi connectivity index (χ4n) is 0.716. The molecule has 0 aromatic carbocycles. The highest BCUT2D eigenvalue weighted by Crippen LogP contribution is 2.17. The minimum absolute atomic E-state index is 0.142. The molecule has 1 amide bonds. The number of H-pyrrole nitrogens is 1. The number of rotatable bonds is 0. The second-order valence-electron chi connectivity index (χ2n) is 1.76. The van der Waals surface area contributed by atoms with Crippen LogP contribution < -0.4 is 9.44 Å². The summed E-state index contributed by atoms with van der Waals surface area (Å²) in [5.41, 5.74) is 0.485. The standard InChI is InChI=1S/C4H4N4OS/c9-4-2-3(6-1-5-2)7-10-8-4/h1,7H,(H,5,6)(H,8,9). The number of carbonyl (C=O) groups is 1. The summed E-state index contributed by atoms with van der Waals surface area (Å²) in [5, 5.41) is 0. The molecule has 0 unspecified atom stereocenters. The molecule has 1 aliphatic rings. The summed E-state index contributed by atoms with van der Waals surface area (Å²) in [7, 11) is 0. The number of hydrogen-bond acceptors (Lipinski definition) is 4. The first-order valence-corrected chi connectivity index (χ1v) is 3.45. The SMILES string of the molecule is O=C1NSNc2nc[nH]c21. The average molecular weight is 156 g/mol. The topological polar surface area (TPSA) is 69.8 Å². The van der Waals surface area contributed by atoms with Crippen LogP contribution in [0.3, 0.4) is 0 Å². The van der Waals surface area contributed by atoms with Crippen LogP contribution in [0.4, 0.5) is 5.82 Å². The highest BCUT2D eigenvalue weighted by Gasteiger charge is 2.18. The number of carbonyl (C=O) groups excluding carboxylic acids is 1. The van der Waals surface area contributed by atoms with E-state index < -0.39 is 0 Å². The van der Waals surface area contributed by atoms with E-state index in [1.807, 2.05) is 0 Å². The molecule has 3 N–H and O–H groups in total. The van der Waals surface area contributed by atoms with Crippen molar-refractivity contribution in [3.8, 4) is 0 Å². The largest absolute Gasteiger partial charge is 0.339 e. The zero-order valence-corrected chi connectivity index (χ0v) is 5.66. The first-order chi connectivity index (χ1) is 4.88. The van der Waals surface area contributed by atoms with Crippen LogP contribution in [0.1, 0.15) is 10.5 Å². The molecular formula is C4H4N4OS. The molecule has 6 heteroatoms. The van der Waals surface area contributed by atoms with Crippen molar-refractivity contribution in [2.45, 2.75) is 0 Å². The first kappa shape index (κ1) is 5.60. The molecule has 0 bridgehead atoms. The number of fused-ring (bicyclic) bond motifs is 1. The van der Waals surface area contributed by atoms with Crippen molar-refractivity contribution in [3.63, 3.8) is 0 Å². The molecule has 0 saturated carbocycles. The Morgan fingerprint density at radius 3 is 3.20 bits per heavy atom. The maximum atomic E-state index is 10.9. The van der Waals surface area contributed by atoms with Crippen LogP contribution in [-0.4, -0.2) is 15.9 Å². The Balaban J connectivity index is 2.50. The molecular weight excluding hydrogens is 152 g/mol. The summed E-state index contributed by atoms with van der Waals surface area (Å²) in [5.74, 6) is 0.449. The normalized spacial score (nSPS) is 15.4. The van der Waals surface area contributed by atoms with Crippen molar-refractivity contribution >= 4 is 23.9 Å². The molecule has 10 heavy (non-hydrogen) atoms. The van der Waals surface area contributed by atoms with Crippen molar-refractivity contribution in [1.29, 1.82) is 0 Å². The van der Waals surface area contributed by atoms with Gasteiger partial charge >= 0.3 is 0 Å². The lowest BCUT2D eigenvalue weighted by molar-refractivity contribution is 0.0980. The molecule has 0 spiro atoms. The van der Waals surface area contributed by atoms with Crippen LogP contribution in [0.2, 0.25) is 0 Å². The third-order valence-electron chi connectivity index (χ3n) is 1.16. The number of imidazole rings is 1. The number of aromatic amines is 1. The number of nitrogens with one attached hydrogen (secondary N) is 3. The van der Waals surface area contributed by atoms with E-state index in [9.17, 15) is 4.79 Å². The summed E-state index contributed by atoms with van der Waals surface area (Å²) < 4.78 is 5.34. The molecule has 2 heterocycles. The molecule has 52 valence electrons. The third kappa shape index (κ3) is 0.655. The van der Waals surface area contributed by atoms with Gasteiger partial charge in [0.1, 0.15) is 5.69 Å². The number of anilines is 1. The second-order valence-corrected chi connectivity index (χ2v) is 2.37. The summed E-state index contributed by atoms with van der Waals surface area (Å²) in [4.78, 5) is 17.5. The van der Waals surface area contributed by atoms with Gasteiger partial charge in [-0.25, -0.2) is 4.98 Å². The maximum Gasteiger partial charge on any atom is 0.282 e. The number of amides is 1. The fourth-order valence-corrected chi connectivity index (χ4v) is 1.21. The van der Waals surface area contributed by atoms with Gasteiger partial charge in [-0.15, -0.1) is 0 Å². The molecule has 0 radical (unpaired) electrons. The minimum Gasteiger partial charge on any atom is -0.339 e. The molecule has 0 saturated heterocycles. The average Bonchev–Trinajstić information content (AvgIpc) is 2.36. The number of nitrogens with zero attached hydrogens (tertiary/aromatic N) is 1. The quantitative estimate of drug-likeness (QED) is 0.467. The Morgan fingerprint density at radius 2 is 2.40 bits per heavy atom. The van der Waals surface area contributed by atoms with E-state index in [1.165, 1.54) is 6.33 Å². The third-order valence-corrected chi connectivity index (χ3v) is 1.74. The highest BCUT2D eigenvalue weighted by atomic mass is 32.2. The van der Waals surface area contributed by atoms with Crippen LogP contribution >= 0.6 is 12.1 Å². The Morgan fingerprint density at radius 1 is 1.50 bits per heavy atom. The molecule has 5 nitrogen and oxygen atoms in total. The Hall–Kier alpha value is -1.17. The molecule has 1 aromatic rings.